The van der Waals surface area contributed by atoms with Crippen LogP contribution in [0.15, 0.2) is 54.6 Å². The number of nitriles is 1. The summed E-state index contributed by atoms with van der Waals surface area (Å²) >= 11 is 0. The van der Waals surface area contributed by atoms with Gasteiger partial charge in [-0.25, -0.2) is 4.79 Å². The van der Waals surface area contributed by atoms with E-state index in [2.05, 4.69) is 27.7 Å². The topological polar surface area (TPSA) is 68.2 Å². The number of likely N-dealkylation sites (tertiary alicyclic amines) is 1. The second kappa shape index (κ2) is 9.02. The van der Waals surface area contributed by atoms with Crippen molar-refractivity contribution in [2.24, 2.45) is 0 Å². The molecule has 3 rings (SSSR count). The molecule has 5 nitrogen and oxygen atoms in total. The highest BCUT2D eigenvalue weighted by molar-refractivity contribution is 5.89. The third-order valence-corrected chi connectivity index (χ3v) is 4.72. The van der Waals surface area contributed by atoms with Gasteiger partial charge in [0, 0.05) is 24.8 Å². The highest BCUT2D eigenvalue weighted by Crippen LogP contribution is 2.20. The van der Waals surface area contributed by atoms with Crippen LogP contribution in [0.4, 0.5) is 10.5 Å². The van der Waals surface area contributed by atoms with E-state index in [4.69, 9.17) is 5.26 Å². The molecule has 0 spiro atoms. The normalized spacial score (nSPS) is 17.3. The van der Waals surface area contributed by atoms with Gasteiger partial charge in [0.05, 0.1) is 11.6 Å². The molecule has 1 unspecified atom stereocenters. The molecule has 2 amide bonds. The summed E-state index contributed by atoms with van der Waals surface area (Å²) in [5, 5.41) is 14.9. The van der Waals surface area contributed by atoms with E-state index in [-0.39, 0.29) is 6.03 Å². The summed E-state index contributed by atoms with van der Waals surface area (Å²) in [6.45, 7) is 2.45. The van der Waals surface area contributed by atoms with Crippen molar-refractivity contribution in [1.82, 2.24) is 10.2 Å². The number of nitrogens with zero attached hydrogens (tertiary/aromatic N) is 2. The van der Waals surface area contributed by atoms with Crippen molar-refractivity contribution in [3.05, 3.63) is 65.7 Å². The average Bonchev–Trinajstić information content (AvgIpc) is 2.68. The molecular formula is C21H24N4O. The summed E-state index contributed by atoms with van der Waals surface area (Å²) in [6, 6.07) is 19.6. The van der Waals surface area contributed by atoms with Gasteiger partial charge in [-0.1, -0.05) is 36.8 Å². The van der Waals surface area contributed by atoms with Crippen molar-refractivity contribution < 1.29 is 4.79 Å². The summed E-state index contributed by atoms with van der Waals surface area (Å²) in [5.74, 6) is 0. The van der Waals surface area contributed by atoms with Crippen LogP contribution in [-0.4, -0.2) is 30.1 Å². The number of amides is 2. The van der Waals surface area contributed by atoms with Crippen molar-refractivity contribution in [3.8, 4) is 6.07 Å². The van der Waals surface area contributed by atoms with Gasteiger partial charge in [-0.3, -0.25) is 4.90 Å². The molecule has 0 aromatic heterocycles. The molecule has 0 radical (unpaired) electrons. The Morgan fingerprint density at radius 1 is 1.15 bits per heavy atom. The Morgan fingerprint density at radius 3 is 2.81 bits per heavy atom. The Labute approximate surface area is 154 Å². The predicted molar refractivity (Wildman–Crippen MR) is 103 cm³/mol. The van der Waals surface area contributed by atoms with Gasteiger partial charge in [-0.2, -0.15) is 5.26 Å². The molecule has 5 heteroatoms. The summed E-state index contributed by atoms with van der Waals surface area (Å²) in [6.07, 6.45) is 3.43. The number of carbonyl (C=O) groups is 1. The minimum Gasteiger partial charge on any atom is -0.336 e. The quantitative estimate of drug-likeness (QED) is 0.865. The van der Waals surface area contributed by atoms with Crippen LogP contribution >= 0.6 is 0 Å². The van der Waals surface area contributed by atoms with E-state index in [0.29, 0.717) is 18.2 Å². The Kier molecular flexibility index (Phi) is 6.24. The van der Waals surface area contributed by atoms with Crippen molar-refractivity contribution in [3.63, 3.8) is 0 Å². The highest BCUT2D eigenvalue weighted by atomic mass is 16.2. The molecule has 26 heavy (non-hydrogen) atoms. The van der Waals surface area contributed by atoms with E-state index in [1.165, 1.54) is 12.8 Å². The molecule has 0 aliphatic carbocycles. The number of anilines is 1. The first-order valence-corrected chi connectivity index (χ1v) is 9.07. The molecule has 2 aromatic rings. The number of piperidine rings is 1. The molecule has 1 aliphatic heterocycles. The predicted octanol–water partition coefficient (Wildman–Crippen LogP) is 3.73. The molecule has 1 atom stereocenters. The monoisotopic (exact) mass is 348 g/mol. The van der Waals surface area contributed by atoms with Crippen LogP contribution in [0, 0.1) is 11.3 Å². The molecule has 134 valence electrons. The van der Waals surface area contributed by atoms with Crippen LogP contribution < -0.4 is 10.6 Å². The standard InChI is InChI=1S/C21H24N4O/c22-14-17-7-6-8-18(13-17)16-25-12-5-4-11-20(25)15-23-21(26)24-19-9-2-1-3-10-19/h1-3,6-10,13,20H,4-5,11-12,15-16H2,(H2,23,24,26). The summed E-state index contributed by atoms with van der Waals surface area (Å²) in [5.41, 5.74) is 2.62. The van der Waals surface area contributed by atoms with Crippen LogP contribution in [0.25, 0.3) is 0 Å². The van der Waals surface area contributed by atoms with Gasteiger partial charge in [0.15, 0.2) is 0 Å². The van der Waals surface area contributed by atoms with E-state index in [0.717, 1.165) is 30.8 Å². The van der Waals surface area contributed by atoms with E-state index in [1.54, 1.807) is 0 Å². The SMILES string of the molecule is N#Cc1cccc(CN2CCCCC2CNC(=O)Nc2ccccc2)c1. The molecular weight excluding hydrogens is 324 g/mol. The third-order valence-electron chi connectivity index (χ3n) is 4.72. The van der Waals surface area contributed by atoms with Crippen LogP contribution in [0.3, 0.4) is 0 Å². The van der Waals surface area contributed by atoms with Crippen molar-refractivity contribution in [2.45, 2.75) is 31.8 Å². The number of nitrogens with one attached hydrogen (secondary N) is 2. The van der Waals surface area contributed by atoms with Crippen LogP contribution in [0.2, 0.25) is 0 Å². The maximum absolute atomic E-state index is 12.1. The maximum Gasteiger partial charge on any atom is 0.319 e. The van der Waals surface area contributed by atoms with Crippen LogP contribution in [0.1, 0.15) is 30.4 Å². The second-order valence-electron chi connectivity index (χ2n) is 6.63. The fraction of sp³-hybridized carbons (Fsp3) is 0.333. The van der Waals surface area contributed by atoms with E-state index >= 15 is 0 Å². The number of rotatable bonds is 5. The zero-order valence-electron chi connectivity index (χ0n) is 14.8. The van der Waals surface area contributed by atoms with Gasteiger partial charge in [0.1, 0.15) is 0 Å². The number of carbonyl (C=O) groups excluding carboxylic acids is 1. The van der Waals surface area contributed by atoms with Gasteiger partial charge in [0.25, 0.3) is 0 Å². The van der Waals surface area contributed by atoms with Gasteiger partial charge in [-0.05, 0) is 49.2 Å². The fourth-order valence-corrected chi connectivity index (χ4v) is 3.38. The zero-order chi connectivity index (χ0) is 18.2. The number of benzene rings is 2. The molecule has 2 aromatic carbocycles. The first kappa shape index (κ1) is 18.0. The van der Waals surface area contributed by atoms with Gasteiger partial charge >= 0.3 is 6.03 Å². The van der Waals surface area contributed by atoms with Crippen LogP contribution in [-0.2, 0) is 6.54 Å². The third kappa shape index (κ3) is 5.08. The first-order chi connectivity index (χ1) is 12.7. The largest absolute Gasteiger partial charge is 0.336 e. The smallest absolute Gasteiger partial charge is 0.319 e. The molecule has 0 bridgehead atoms. The Hall–Kier alpha value is -2.84. The highest BCUT2D eigenvalue weighted by Gasteiger charge is 2.23. The number of para-hydroxylation sites is 1. The number of hydrogen-bond donors (Lipinski definition) is 2. The fourth-order valence-electron chi connectivity index (χ4n) is 3.38. The van der Waals surface area contributed by atoms with E-state index < -0.39 is 0 Å². The lowest BCUT2D eigenvalue weighted by Crippen LogP contribution is -2.47. The minimum absolute atomic E-state index is 0.173. The molecule has 0 saturated carbocycles. The summed E-state index contributed by atoms with van der Waals surface area (Å²) in [4.78, 5) is 14.5. The Morgan fingerprint density at radius 2 is 2.00 bits per heavy atom. The molecule has 2 N–H and O–H groups in total. The van der Waals surface area contributed by atoms with Crippen molar-refractivity contribution in [1.29, 1.82) is 5.26 Å². The van der Waals surface area contributed by atoms with Gasteiger partial charge in [0.2, 0.25) is 0 Å². The maximum atomic E-state index is 12.1. The number of urea groups is 1. The average molecular weight is 348 g/mol. The van der Waals surface area contributed by atoms with E-state index in [1.807, 2.05) is 48.5 Å². The molecule has 1 fully saturated rings. The van der Waals surface area contributed by atoms with Gasteiger partial charge < -0.3 is 10.6 Å². The lowest BCUT2D eigenvalue weighted by atomic mass is 10.0. The van der Waals surface area contributed by atoms with Gasteiger partial charge in [-0.15, -0.1) is 0 Å². The van der Waals surface area contributed by atoms with Crippen molar-refractivity contribution in [2.75, 3.05) is 18.4 Å². The second-order valence-corrected chi connectivity index (χ2v) is 6.63. The molecule has 1 aliphatic rings. The first-order valence-electron chi connectivity index (χ1n) is 9.07. The lowest BCUT2D eigenvalue weighted by Gasteiger charge is -2.35. The van der Waals surface area contributed by atoms with Crippen LogP contribution in [0.5, 0.6) is 0 Å². The van der Waals surface area contributed by atoms with Crippen molar-refractivity contribution >= 4 is 11.7 Å². The molecule has 1 saturated heterocycles. The summed E-state index contributed by atoms with van der Waals surface area (Å²) < 4.78 is 0. The summed E-state index contributed by atoms with van der Waals surface area (Å²) in [7, 11) is 0. The number of hydrogen-bond acceptors (Lipinski definition) is 3. The lowest BCUT2D eigenvalue weighted by molar-refractivity contribution is 0.139. The van der Waals surface area contributed by atoms with E-state index in [9.17, 15) is 4.79 Å². The molecule has 1 heterocycles. The minimum atomic E-state index is -0.173. The zero-order valence-corrected chi connectivity index (χ0v) is 14.8. The Bertz CT molecular complexity index is 769. The Balaban J connectivity index is 1.55.